The second kappa shape index (κ2) is 5.98. The number of fused-ring (bicyclic) bond motifs is 1. The lowest BCUT2D eigenvalue weighted by atomic mass is 10.1. The van der Waals surface area contributed by atoms with Gasteiger partial charge in [0, 0.05) is 31.1 Å². The molecule has 1 aliphatic heterocycles. The Labute approximate surface area is 133 Å². The lowest BCUT2D eigenvalue weighted by Gasteiger charge is -2.18. The summed E-state index contributed by atoms with van der Waals surface area (Å²) < 4.78 is 5.18. The SMILES string of the molecule is Cc1nc2c(c(=O)[nH]1)CCN(C(=O)c1cc(C(C)C)no1)CC2. The van der Waals surface area contributed by atoms with Crippen LogP contribution in [0.3, 0.4) is 0 Å². The minimum Gasteiger partial charge on any atom is -0.351 e. The van der Waals surface area contributed by atoms with Crippen LogP contribution >= 0.6 is 0 Å². The normalized spacial score (nSPS) is 14.7. The van der Waals surface area contributed by atoms with Gasteiger partial charge in [-0.25, -0.2) is 4.98 Å². The van der Waals surface area contributed by atoms with Crippen LogP contribution in [-0.2, 0) is 12.8 Å². The molecule has 3 heterocycles. The molecule has 0 aromatic carbocycles. The van der Waals surface area contributed by atoms with Crippen molar-refractivity contribution in [1.82, 2.24) is 20.0 Å². The third kappa shape index (κ3) is 3.04. The standard InChI is InChI=1S/C16H20N4O3/c1-9(2)13-8-14(23-19-13)16(22)20-6-4-11-12(5-7-20)17-10(3)18-15(11)21/h8-9H,4-7H2,1-3H3,(H,17,18,21). The number of rotatable bonds is 2. The van der Waals surface area contributed by atoms with Gasteiger partial charge >= 0.3 is 0 Å². The number of nitrogens with zero attached hydrogens (tertiary/aromatic N) is 3. The molecule has 7 nitrogen and oxygen atoms in total. The fourth-order valence-electron chi connectivity index (χ4n) is 2.75. The Morgan fingerprint density at radius 2 is 2.09 bits per heavy atom. The number of H-pyrrole nitrogens is 1. The van der Waals surface area contributed by atoms with Gasteiger partial charge in [-0.3, -0.25) is 9.59 Å². The molecule has 2 aromatic heterocycles. The van der Waals surface area contributed by atoms with Crippen LogP contribution in [0.2, 0.25) is 0 Å². The molecule has 0 saturated heterocycles. The third-order valence-electron chi connectivity index (χ3n) is 4.09. The topological polar surface area (TPSA) is 92.1 Å². The molecule has 0 radical (unpaired) electrons. The number of hydrogen-bond donors (Lipinski definition) is 1. The van der Waals surface area contributed by atoms with Gasteiger partial charge in [0.25, 0.3) is 11.5 Å². The summed E-state index contributed by atoms with van der Waals surface area (Å²) in [6, 6.07) is 1.69. The molecular formula is C16H20N4O3. The van der Waals surface area contributed by atoms with Crippen LogP contribution in [0.25, 0.3) is 0 Å². The fraction of sp³-hybridized carbons (Fsp3) is 0.500. The number of aromatic amines is 1. The second-order valence-electron chi connectivity index (χ2n) is 6.14. The van der Waals surface area contributed by atoms with Gasteiger partial charge < -0.3 is 14.4 Å². The summed E-state index contributed by atoms with van der Waals surface area (Å²) in [4.78, 5) is 33.4. The van der Waals surface area contributed by atoms with Gasteiger partial charge in [-0.05, 0) is 19.3 Å². The largest absolute Gasteiger partial charge is 0.351 e. The summed E-state index contributed by atoms with van der Waals surface area (Å²) in [5.74, 6) is 0.868. The van der Waals surface area contributed by atoms with Crippen molar-refractivity contribution in [3.05, 3.63) is 45.0 Å². The Hall–Kier alpha value is -2.44. The van der Waals surface area contributed by atoms with Crippen LogP contribution in [0.15, 0.2) is 15.4 Å². The molecule has 0 atom stereocenters. The average molecular weight is 316 g/mol. The smallest absolute Gasteiger partial charge is 0.292 e. The summed E-state index contributed by atoms with van der Waals surface area (Å²) in [6.07, 6.45) is 1.06. The number of amides is 1. The van der Waals surface area contributed by atoms with E-state index in [4.69, 9.17) is 4.52 Å². The Bertz CT molecular complexity index is 791. The molecule has 3 rings (SSSR count). The van der Waals surface area contributed by atoms with E-state index in [9.17, 15) is 9.59 Å². The second-order valence-corrected chi connectivity index (χ2v) is 6.14. The zero-order valence-electron chi connectivity index (χ0n) is 13.5. The zero-order chi connectivity index (χ0) is 16.6. The number of hydrogen-bond acceptors (Lipinski definition) is 5. The maximum atomic E-state index is 12.6. The maximum absolute atomic E-state index is 12.6. The number of carbonyl (C=O) groups is 1. The Morgan fingerprint density at radius 1 is 1.35 bits per heavy atom. The van der Waals surface area contributed by atoms with Crippen molar-refractivity contribution in [1.29, 1.82) is 0 Å². The molecule has 1 amide bonds. The molecule has 1 aliphatic rings. The molecule has 1 N–H and O–H groups in total. The van der Waals surface area contributed by atoms with Crippen LogP contribution in [0.5, 0.6) is 0 Å². The number of carbonyl (C=O) groups excluding carboxylic acids is 1. The molecular weight excluding hydrogens is 296 g/mol. The summed E-state index contributed by atoms with van der Waals surface area (Å²) in [5, 5.41) is 3.93. The van der Waals surface area contributed by atoms with Crippen LogP contribution < -0.4 is 5.56 Å². The quantitative estimate of drug-likeness (QED) is 0.905. The van der Waals surface area contributed by atoms with Crippen LogP contribution in [0.4, 0.5) is 0 Å². The van der Waals surface area contributed by atoms with Gasteiger partial charge in [0.05, 0.1) is 11.4 Å². The molecule has 0 aliphatic carbocycles. The van der Waals surface area contributed by atoms with E-state index < -0.39 is 0 Å². The van der Waals surface area contributed by atoms with E-state index in [1.165, 1.54) is 0 Å². The molecule has 0 fully saturated rings. The number of aromatic nitrogens is 3. The van der Waals surface area contributed by atoms with Crippen molar-refractivity contribution in [3.63, 3.8) is 0 Å². The Balaban J connectivity index is 1.80. The molecule has 0 saturated carbocycles. The molecule has 0 bridgehead atoms. The van der Waals surface area contributed by atoms with Crippen molar-refractivity contribution in [2.24, 2.45) is 0 Å². The van der Waals surface area contributed by atoms with E-state index in [1.807, 2.05) is 13.8 Å². The summed E-state index contributed by atoms with van der Waals surface area (Å²) in [7, 11) is 0. The first kappa shape index (κ1) is 15.5. The van der Waals surface area contributed by atoms with Gasteiger partial charge in [0.15, 0.2) is 0 Å². The highest BCUT2D eigenvalue weighted by molar-refractivity contribution is 5.91. The minimum absolute atomic E-state index is 0.108. The summed E-state index contributed by atoms with van der Waals surface area (Å²) in [5.41, 5.74) is 2.11. The predicted molar refractivity (Wildman–Crippen MR) is 83.5 cm³/mol. The van der Waals surface area contributed by atoms with Crippen molar-refractivity contribution in [2.45, 2.75) is 39.5 Å². The van der Waals surface area contributed by atoms with E-state index in [0.29, 0.717) is 37.3 Å². The lowest BCUT2D eigenvalue weighted by Crippen LogP contribution is -2.33. The van der Waals surface area contributed by atoms with Crippen LogP contribution in [-0.4, -0.2) is 39.0 Å². The van der Waals surface area contributed by atoms with Gasteiger partial charge in [0.2, 0.25) is 5.76 Å². The van der Waals surface area contributed by atoms with Crippen molar-refractivity contribution in [3.8, 4) is 0 Å². The van der Waals surface area contributed by atoms with E-state index in [1.54, 1.807) is 17.9 Å². The average Bonchev–Trinajstić information content (AvgIpc) is 2.89. The van der Waals surface area contributed by atoms with Crippen LogP contribution in [0, 0.1) is 6.92 Å². The zero-order valence-corrected chi connectivity index (χ0v) is 13.5. The molecule has 7 heteroatoms. The lowest BCUT2D eigenvalue weighted by molar-refractivity contribution is 0.0721. The van der Waals surface area contributed by atoms with Crippen molar-refractivity contribution in [2.75, 3.05) is 13.1 Å². The number of nitrogens with one attached hydrogen (secondary N) is 1. The Kier molecular flexibility index (Phi) is 4.02. The number of aryl methyl sites for hydroxylation is 1. The molecule has 122 valence electrons. The van der Waals surface area contributed by atoms with Gasteiger partial charge in [-0.15, -0.1) is 0 Å². The summed E-state index contributed by atoms with van der Waals surface area (Å²) >= 11 is 0. The summed E-state index contributed by atoms with van der Waals surface area (Å²) in [6.45, 7) is 6.73. The third-order valence-corrected chi connectivity index (χ3v) is 4.09. The first-order valence-corrected chi connectivity index (χ1v) is 7.80. The molecule has 0 spiro atoms. The highest BCUT2D eigenvalue weighted by atomic mass is 16.5. The van der Waals surface area contributed by atoms with Gasteiger partial charge in [0.1, 0.15) is 5.82 Å². The van der Waals surface area contributed by atoms with E-state index >= 15 is 0 Å². The van der Waals surface area contributed by atoms with E-state index in [0.717, 1.165) is 11.4 Å². The fourth-order valence-corrected chi connectivity index (χ4v) is 2.75. The highest BCUT2D eigenvalue weighted by Gasteiger charge is 2.25. The maximum Gasteiger partial charge on any atom is 0.292 e. The first-order chi connectivity index (χ1) is 11.0. The first-order valence-electron chi connectivity index (χ1n) is 7.80. The van der Waals surface area contributed by atoms with Crippen molar-refractivity contribution >= 4 is 5.91 Å². The molecule has 23 heavy (non-hydrogen) atoms. The monoisotopic (exact) mass is 316 g/mol. The van der Waals surface area contributed by atoms with E-state index in [2.05, 4.69) is 15.1 Å². The van der Waals surface area contributed by atoms with Gasteiger partial charge in [-0.1, -0.05) is 19.0 Å². The van der Waals surface area contributed by atoms with E-state index in [-0.39, 0.29) is 23.1 Å². The Morgan fingerprint density at radius 3 is 2.78 bits per heavy atom. The molecule has 0 unspecified atom stereocenters. The van der Waals surface area contributed by atoms with Crippen LogP contribution in [0.1, 0.15) is 53.1 Å². The van der Waals surface area contributed by atoms with Gasteiger partial charge in [-0.2, -0.15) is 0 Å². The van der Waals surface area contributed by atoms with Crippen molar-refractivity contribution < 1.29 is 9.32 Å². The highest BCUT2D eigenvalue weighted by Crippen LogP contribution is 2.17. The molecule has 2 aromatic rings. The minimum atomic E-state index is -0.189. The predicted octanol–water partition coefficient (Wildman–Crippen LogP) is 1.43.